The number of piperidine rings is 3. The van der Waals surface area contributed by atoms with E-state index in [1.807, 2.05) is 12.1 Å². The number of nitrogens with zero attached hydrogens (tertiary/aromatic N) is 1. The molecule has 188 valence electrons. The summed E-state index contributed by atoms with van der Waals surface area (Å²) in [6.07, 6.45) is 2.56. The van der Waals surface area contributed by atoms with Gasteiger partial charge in [-0.3, -0.25) is 4.90 Å². The molecule has 7 heteroatoms. The number of hydrogen-bond acceptors (Lipinski definition) is 4. The van der Waals surface area contributed by atoms with E-state index in [2.05, 4.69) is 65.6 Å². The quantitative estimate of drug-likeness (QED) is 0.482. The molecule has 0 unspecified atom stereocenters. The monoisotopic (exact) mass is 491 g/mol. The molecule has 0 amide bonds. The molecule has 0 aliphatic carbocycles. The van der Waals surface area contributed by atoms with Crippen LogP contribution in [0.2, 0.25) is 0 Å². The first-order chi connectivity index (χ1) is 17.4. The van der Waals surface area contributed by atoms with Crippen LogP contribution in [0.3, 0.4) is 0 Å². The number of halogens is 1. The summed E-state index contributed by atoms with van der Waals surface area (Å²) in [5.74, 6) is -3.00. The van der Waals surface area contributed by atoms with Gasteiger partial charge in [-0.25, -0.2) is 14.0 Å². The molecule has 6 rings (SSSR count). The molecule has 3 saturated heterocycles. The minimum Gasteiger partial charge on any atom is -0.473 e. The Labute approximate surface area is 210 Å². The Hall–Kier alpha value is -3.55. The Morgan fingerprint density at radius 3 is 1.81 bits per heavy atom. The zero-order valence-corrected chi connectivity index (χ0v) is 19.9. The maximum Gasteiger partial charge on any atom is 0.414 e. The van der Waals surface area contributed by atoms with E-state index < -0.39 is 11.9 Å². The molecular weight excluding hydrogens is 461 g/mol. The van der Waals surface area contributed by atoms with E-state index >= 15 is 0 Å². The minimum atomic E-state index is -1.82. The Balaban J connectivity index is 0.000000455. The van der Waals surface area contributed by atoms with Gasteiger partial charge in [0.25, 0.3) is 0 Å². The van der Waals surface area contributed by atoms with Crippen LogP contribution >= 0.6 is 0 Å². The van der Waals surface area contributed by atoms with Crippen LogP contribution in [-0.4, -0.2) is 52.3 Å². The summed E-state index contributed by atoms with van der Waals surface area (Å²) in [5, 5.41) is 14.8. The number of fused-ring (bicyclic) bond motifs is 3. The molecule has 3 aromatic carbocycles. The Bertz CT molecular complexity index is 1080. The lowest BCUT2D eigenvalue weighted by molar-refractivity contribution is -0.159. The number of hydrogen-bond donors (Lipinski definition) is 2. The van der Waals surface area contributed by atoms with Crippen LogP contribution in [0, 0.1) is 11.7 Å². The minimum absolute atomic E-state index is 0.169. The molecule has 0 saturated carbocycles. The van der Waals surface area contributed by atoms with Crippen molar-refractivity contribution in [3.63, 3.8) is 0 Å². The van der Waals surface area contributed by atoms with E-state index in [1.54, 1.807) is 0 Å². The zero-order valence-electron chi connectivity index (χ0n) is 19.9. The average molecular weight is 492 g/mol. The summed E-state index contributed by atoms with van der Waals surface area (Å²) in [7, 11) is 0. The van der Waals surface area contributed by atoms with Crippen LogP contribution in [0.1, 0.15) is 35.4 Å². The highest BCUT2D eigenvalue weighted by Crippen LogP contribution is 2.43. The molecule has 0 aromatic heterocycles. The molecule has 2 N–H and O–H groups in total. The van der Waals surface area contributed by atoms with Gasteiger partial charge in [-0.05, 0) is 60.7 Å². The van der Waals surface area contributed by atoms with Crippen molar-refractivity contribution < 1.29 is 28.9 Å². The summed E-state index contributed by atoms with van der Waals surface area (Å²) < 4.78 is 19.9. The Kier molecular flexibility index (Phi) is 8.46. The van der Waals surface area contributed by atoms with E-state index in [-0.39, 0.29) is 17.8 Å². The van der Waals surface area contributed by atoms with Crippen molar-refractivity contribution in [1.82, 2.24) is 4.90 Å². The third kappa shape index (κ3) is 6.17. The van der Waals surface area contributed by atoms with Gasteiger partial charge in [0.2, 0.25) is 0 Å². The lowest BCUT2D eigenvalue weighted by atomic mass is 9.72. The number of rotatable bonds is 6. The third-order valence-electron chi connectivity index (χ3n) is 6.99. The number of aliphatic carboxylic acids is 2. The van der Waals surface area contributed by atoms with Gasteiger partial charge < -0.3 is 14.9 Å². The molecule has 0 radical (unpaired) electrons. The van der Waals surface area contributed by atoms with Gasteiger partial charge in [0.1, 0.15) is 5.82 Å². The maximum absolute atomic E-state index is 13.3. The second-order valence-corrected chi connectivity index (χ2v) is 9.18. The third-order valence-corrected chi connectivity index (χ3v) is 6.99. The normalized spacial score (nSPS) is 22.5. The molecule has 3 aliphatic heterocycles. The van der Waals surface area contributed by atoms with Crippen LogP contribution in [0.4, 0.5) is 4.39 Å². The number of carboxylic acid groups (broad SMARTS) is 2. The van der Waals surface area contributed by atoms with Crippen LogP contribution in [0.25, 0.3) is 0 Å². The van der Waals surface area contributed by atoms with Gasteiger partial charge in [-0.1, -0.05) is 72.8 Å². The fourth-order valence-corrected chi connectivity index (χ4v) is 5.35. The molecule has 3 aromatic rings. The smallest absolute Gasteiger partial charge is 0.414 e. The second kappa shape index (κ2) is 11.9. The SMILES string of the molecule is Fc1ccc(CO[C@@H]2C3CCN(CC3)[C@@H]2C(c2ccccc2)c2ccccc2)cc1.O=C(O)C(=O)O. The fourth-order valence-electron chi connectivity index (χ4n) is 5.35. The molecule has 3 fully saturated rings. The largest absolute Gasteiger partial charge is 0.473 e. The summed E-state index contributed by atoms with van der Waals surface area (Å²) in [4.78, 5) is 20.8. The molecule has 0 spiro atoms. The van der Waals surface area contributed by atoms with Crippen LogP contribution in [0.5, 0.6) is 0 Å². The van der Waals surface area contributed by atoms with Crippen LogP contribution in [0.15, 0.2) is 84.9 Å². The maximum atomic E-state index is 13.3. The highest BCUT2D eigenvalue weighted by molar-refractivity contribution is 6.27. The van der Waals surface area contributed by atoms with E-state index in [9.17, 15) is 4.39 Å². The predicted octanol–water partition coefficient (Wildman–Crippen LogP) is 4.79. The number of carboxylic acids is 2. The summed E-state index contributed by atoms with van der Waals surface area (Å²) in [5.41, 5.74) is 3.72. The van der Waals surface area contributed by atoms with Crippen molar-refractivity contribution in [2.24, 2.45) is 5.92 Å². The van der Waals surface area contributed by atoms with Crippen molar-refractivity contribution in [1.29, 1.82) is 0 Å². The van der Waals surface area contributed by atoms with Gasteiger partial charge >= 0.3 is 11.9 Å². The molecule has 6 nitrogen and oxygen atoms in total. The lowest BCUT2D eigenvalue weighted by Gasteiger charge is -2.53. The zero-order chi connectivity index (χ0) is 25.5. The fraction of sp³-hybridized carbons (Fsp3) is 0.310. The molecule has 2 atom stereocenters. The van der Waals surface area contributed by atoms with E-state index in [1.165, 1.54) is 36.1 Å². The van der Waals surface area contributed by atoms with E-state index in [0.29, 0.717) is 18.6 Å². The molecule has 36 heavy (non-hydrogen) atoms. The van der Waals surface area contributed by atoms with Gasteiger partial charge in [-0.2, -0.15) is 0 Å². The molecular formula is C29H30FNO5. The van der Waals surface area contributed by atoms with Crippen molar-refractivity contribution >= 4 is 11.9 Å². The Morgan fingerprint density at radius 2 is 1.33 bits per heavy atom. The van der Waals surface area contributed by atoms with Gasteiger partial charge in [0, 0.05) is 12.0 Å². The second-order valence-electron chi connectivity index (χ2n) is 9.18. The highest BCUT2D eigenvalue weighted by atomic mass is 19.1. The first-order valence-electron chi connectivity index (χ1n) is 12.1. The Morgan fingerprint density at radius 1 is 0.833 bits per heavy atom. The summed E-state index contributed by atoms with van der Waals surface area (Å²) in [6.45, 7) is 2.81. The predicted molar refractivity (Wildman–Crippen MR) is 133 cm³/mol. The molecule has 3 aliphatic rings. The van der Waals surface area contributed by atoms with Crippen LogP contribution < -0.4 is 0 Å². The van der Waals surface area contributed by atoms with Crippen molar-refractivity contribution in [2.45, 2.75) is 37.5 Å². The van der Waals surface area contributed by atoms with Crippen LogP contribution in [-0.2, 0) is 20.9 Å². The number of benzene rings is 3. The van der Waals surface area contributed by atoms with Gasteiger partial charge in [0.05, 0.1) is 12.7 Å². The summed E-state index contributed by atoms with van der Waals surface area (Å²) in [6, 6.07) is 28.7. The number of carbonyl (C=O) groups is 2. The van der Waals surface area contributed by atoms with Crippen molar-refractivity contribution in [3.8, 4) is 0 Å². The first kappa shape index (κ1) is 25.5. The standard InChI is InChI=1S/C27H28FNO.C2H2O4/c28-24-13-11-20(12-14-24)19-30-27-23-15-17-29(18-16-23)26(27)25(21-7-3-1-4-8-21)22-9-5-2-6-10-22;3-1(4)2(5)6/h1-14,23,25-27H,15-19H2;(H,3,4)(H,5,6)/t26-,27-;/m1./s1. The number of ether oxygens (including phenoxy) is 1. The lowest BCUT2D eigenvalue weighted by Crippen LogP contribution is -2.60. The van der Waals surface area contributed by atoms with E-state index in [0.717, 1.165) is 18.7 Å². The van der Waals surface area contributed by atoms with Gasteiger partial charge in [0.15, 0.2) is 0 Å². The first-order valence-corrected chi connectivity index (χ1v) is 12.1. The topological polar surface area (TPSA) is 87.1 Å². The molecule has 2 bridgehead atoms. The van der Waals surface area contributed by atoms with Gasteiger partial charge in [-0.15, -0.1) is 0 Å². The summed E-state index contributed by atoms with van der Waals surface area (Å²) >= 11 is 0. The average Bonchev–Trinajstić information content (AvgIpc) is 2.91. The van der Waals surface area contributed by atoms with Crippen molar-refractivity contribution in [3.05, 3.63) is 107 Å². The van der Waals surface area contributed by atoms with E-state index in [4.69, 9.17) is 24.5 Å². The highest BCUT2D eigenvalue weighted by Gasteiger charge is 2.47. The molecule has 3 heterocycles. The van der Waals surface area contributed by atoms with Crippen molar-refractivity contribution in [2.75, 3.05) is 13.1 Å².